The molecule has 0 aliphatic rings. The van der Waals surface area contributed by atoms with E-state index in [0.29, 0.717) is 5.75 Å². The van der Waals surface area contributed by atoms with E-state index in [-0.39, 0.29) is 11.4 Å². The van der Waals surface area contributed by atoms with Crippen molar-refractivity contribution in [3.8, 4) is 5.75 Å². The lowest BCUT2D eigenvalue weighted by atomic mass is 10.1. The minimum atomic E-state index is -3.03. The SMILES string of the molecule is Cc1cccc(CCl)c1OCC(F)(F)c1ccccc1. The normalized spacial score (nSPS) is 11.4. The molecule has 1 nitrogen and oxygen atoms in total. The Labute approximate surface area is 122 Å². The number of halogens is 3. The van der Waals surface area contributed by atoms with Crippen LogP contribution in [0.1, 0.15) is 16.7 Å². The van der Waals surface area contributed by atoms with E-state index in [2.05, 4.69) is 0 Å². The summed E-state index contributed by atoms with van der Waals surface area (Å²) in [6.07, 6.45) is 0. The molecule has 0 N–H and O–H groups in total. The van der Waals surface area contributed by atoms with E-state index in [1.54, 1.807) is 24.3 Å². The maximum atomic E-state index is 14.1. The maximum Gasteiger partial charge on any atom is 0.306 e. The molecule has 0 bridgehead atoms. The number of hydrogen-bond donors (Lipinski definition) is 0. The first-order chi connectivity index (χ1) is 9.54. The van der Waals surface area contributed by atoms with Crippen molar-refractivity contribution in [3.63, 3.8) is 0 Å². The molecule has 0 radical (unpaired) electrons. The van der Waals surface area contributed by atoms with Gasteiger partial charge in [0.2, 0.25) is 0 Å². The van der Waals surface area contributed by atoms with Crippen molar-refractivity contribution in [2.24, 2.45) is 0 Å². The van der Waals surface area contributed by atoms with Crippen molar-refractivity contribution >= 4 is 11.6 Å². The smallest absolute Gasteiger partial charge is 0.306 e. The Morgan fingerprint density at radius 2 is 1.75 bits per heavy atom. The average molecular weight is 297 g/mol. The second-order valence-electron chi connectivity index (χ2n) is 4.56. The summed E-state index contributed by atoms with van der Waals surface area (Å²) in [6, 6.07) is 13.1. The summed E-state index contributed by atoms with van der Waals surface area (Å²) in [5.74, 6) is -2.36. The molecule has 0 amide bonds. The highest BCUT2D eigenvalue weighted by Crippen LogP contribution is 2.31. The standard InChI is InChI=1S/C16H15ClF2O/c1-12-6-5-7-13(10-17)15(12)20-11-16(18,19)14-8-3-2-4-9-14/h2-9H,10-11H2,1H3. The van der Waals surface area contributed by atoms with Gasteiger partial charge in [-0.05, 0) is 12.5 Å². The van der Waals surface area contributed by atoms with E-state index in [4.69, 9.17) is 16.3 Å². The minimum absolute atomic E-state index is 0.0546. The molecule has 0 saturated heterocycles. The first-order valence-electron chi connectivity index (χ1n) is 6.25. The topological polar surface area (TPSA) is 9.23 Å². The molecule has 0 aromatic heterocycles. The fourth-order valence-electron chi connectivity index (χ4n) is 1.95. The molecule has 0 atom stereocenters. The first-order valence-corrected chi connectivity index (χ1v) is 6.78. The number of benzene rings is 2. The Morgan fingerprint density at radius 1 is 1.05 bits per heavy atom. The van der Waals surface area contributed by atoms with Crippen LogP contribution in [0.15, 0.2) is 48.5 Å². The predicted molar refractivity (Wildman–Crippen MR) is 76.6 cm³/mol. The van der Waals surface area contributed by atoms with Crippen LogP contribution in [0.25, 0.3) is 0 Å². The van der Waals surface area contributed by atoms with Gasteiger partial charge in [-0.25, -0.2) is 0 Å². The van der Waals surface area contributed by atoms with Gasteiger partial charge in [0.05, 0.1) is 5.88 Å². The van der Waals surface area contributed by atoms with Crippen molar-refractivity contribution in [2.45, 2.75) is 18.7 Å². The number of ether oxygens (including phenoxy) is 1. The average Bonchev–Trinajstić information content (AvgIpc) is 2.46. The molecular formula is C16H15ClF2O. The van der Waals surface area contributed by atoms with E-state index in [0.717, 1.165) is 11.1 Å². The lowest BCUT2D eigenvalue weighted by Crippen LogP contribution is -2.23. The van der Waals surface area contributed by atoms with Gasteiger partial charge in [0.1, 0.15) is 5.75 Å². The third-order valence-corrected chi connectivity index (χ3v) is 3.32. The van der Waals surface area contributed by atoms with Crippen LogP contribution in [0.2, 0.25) is 0 Å². The summed E-state index contributed by atoms with van der Waals surface area (Å²) in [5.41, 5.74) is 1.46. The molecule has 0 fully saturated rings. The molecule has 2 aromatic rings. The molecule has 0 unspecified atom stereocenters. The third-order valence-electron chi connectivity index (χ3n) is 3.03. The van der Waals surface area contributed by atoms with Crippen molar-refractivity contribution in [3.05, 3.63) is 65.2 Å². The van der Waals surface area contributed by atoms with Gasteiger partial charge < -0.3 is 4.74 Å². The number of para-hydroxylation sites is 1. The molecule has 20 heavy (non-hydrogen) atoms. The zero-order chi connectivity index (χ0) is 14.6. The van der Waals surface area contributed by atoms with Crippen LogP contribution in [-0.4, -0.2) is 6.61 Å². The molecule has 0 heterocycles. The molecular weight excluding hydrogens is 282 g/mol. The molecule has 2 aromatic carbocycles. The zero-order valence-corrected chi connectivity index (χ0v) is 11.8. The van der Waals surface area contributed by atoms with Crippen LogP contribution in [0.3, 0.4) is 0 Å². The monoisotopic (exact) mass is 296 g/mol. The van der Waals surface area contributed by atoms with Gasteiger partial charge in [0.15, 0.2) is 6.61 Å². The van der Waals surface area contributed by atoms with E-state index < -0.39 is 12.5 Å². The van der Waals surface area contributed by atoms with Gasteiger partial charge >= 0.3 is 5.92 Å². The molecule has 4 heteroatoms. The Morgan fingerprint density at radius 3 is 2.40 bits per heavy atom. The molecule has 0 aliphatic carbocycles. The maximum absolute atomic E-state index is 14.1. The highest BCUT2D eigenvalue weighted by Gasteiger charge is 2.32. The molecule has 0 aliphatic heterocycles. The minimum Gasteiger partial charge on any atom is -0.486 e. The van der Waals surface area contributed by atoms with Gasteiger partial charge in [-0.1, -0.05) is 48.5 Å². The van der Waals surface area contributed by atoms with Gasteiger partial charge in [-0.3, -0.25) is 0 Å². The summed E-state index contributed by atoms with van der Waals surface area (Å²) in [6.45, 7) is 1.11. The summed E-state index contributed by atoms with van der Waals surface area (Å²) in [7, 11) is 0. The summed E-state index contributed by atoms with van der Waals surface area (Å²) in [4.78, 5) is 0. The zero-order valence-electron chi connectivity index (χ0n) is 11.1. The predicted octanol–water partition coefficient (Wildman–Crippen LogP) is 4.90. The fraction of sp³-hybridized carbons (Fsp3) is 0.250. The largest absolute Gasteiger partial charge is 0.486 e. The fourth-order valence-corrected chi connectivity index (χ4v) is 2.16. The Balaban J connectivity index is 2.17. The van der Waals surface area contributed by atoms with Gasteiger partial charge in [-0.2, -0.15) is 8.78 Å². The lowest BCUT2D eigenvalue weighted by molar-refractivity contribution is -0.0470. The first kappa shape index (κ1) is 14.8. The lowest BCUT2D eigenvalue weighted by Gasteiger charge is -2.19. The Bertz CT molecular complexity index is 570. The third kappa shape index (κ3) is 3.28. The number of hydrogen-bond acceptors (Lipinski definition) is 1. The number of rotatable bonds is 5. The van der Waals surface area contributed by atoms with Crippen LogP contribution < -0.4 is 4.74 Å². The van der Waals surface area contributed by atoms with E-state index in [1.165, 1.54) is 12.1 Å². The van der Waals surface area contributed by atoms with Crippen molar-refractivity contribution < 1.29 is 13.5 Å². The summed E-state index contributed by atoms with van der Waals surface area (Å²) >= 11 is 5.80. The van der Waals surface area contributed by atoms with Crippen LogP contribution in [0, 0.1) is 6.92 Å². The highest BCUT2D eigenvalue weighted by atomic mass is 35.5. The van der Waals surface area contributed by atoms with Gasteiger partial charge in [0, 0.05) is 11.1 Å². The van der Waals surface area contributed by atoms with Crippen molar-refractivity contribution in [1.29, 1.82) is 0 Å². The summed E-state index contributed by atoms with van der Waals surface area (Å²) < 4.78 is 33.4. The quantitative estimate of drug-likeness (QED) is 0.713. The van der Waals surface area contributed by atoms with Crippen molar-refractivity contribution in [1.82, 2.24) is 0 Å². The molecule has 0 saturated carbocycles. The van der Waals surface area contributed by atoms with Crippen molar-refractivity contribution in [2.75, 3.05) is 6.61 Å². The number of alkyl halides is 3. The highest BCUT2D eigenvalue weighted by molar-refractivity contribution is 6.17. The van der Waals surface area contributed by atoms with E-state index >= 15 is 0 Å². The second-order valence-corrected chi connectivity index (χ2v) is 4.82. The molecule has 0 spiro atoms. The van der Waals surface area contributed by atoms with Gasteiger partial charge in [0.25, 0.3) is 0 Å². The van der Waals surface area contributed by atoms with Crippen LogP contribution in [0.5, 0.6) is 5.75 Å². The van der Waals surface area contributed by atoms with E-state index in [9.17, 15) is 8.78 Å². The van der Waals surface area contributed by atoms with E-state index in [1.807, 2.05) is 19.1 Å². The number of aryl methyl sites for hydroxylation is 1. The van der Waals surface area contributed by atoms with Gasteiger partial charge in [-0.15, -0.1) is 11.6 Å². The van der Waals surface area contributed by atoms with Crippen LogP contribution in [-0.2, 0) is 11.8 Å². The summed E-state index contributed by atoms with van der Waals surface area (Å²) in [5, 5.41) is 0. The Kier molecular flexibility index (Phi) is 4.61. The Hall–Kier alpha value is -1.61. The molecule has 2 rings (SSSR count). The molecule has 106 valence electrons. The van der Waals surface area contributed by atoms with Crippen LogP contribution in [0.4, 0.5) is 8.78 Å². The second kappa shape index (κ2) is 6.23. The van der Waals surface area contributed by atoms with Crippen LogP contribution >= 0.6 is 11.6 Å².